The van der Waals surface area contributed by atoms with Gasteiger partial charge in [-0.3, -0.25) is 14.2 Å². The van der Waals surface area contributed by atoms with Crippen molar-refractivity contribution in [3.63, 3.8) is 0 Å². The highest BCUT2D eigenvalue weighted by atomic mass is 32.2. The third-order valence-electron chi connectivity index (χ3n) is 6.12. The topological polar surface area (TPSA) is 107 Å². The molecule has 180 valence electrons. The fourth-order valence-electron chi connectivity index (χ4n) is 4.08. The van der Waals surface area contributed by atoms with Gasteiger partial charge in [0.15, 0.2) is 11.0 Å². The molecule has 1 fully saturated rings. The third-order valence-corrected chi connectivity index (χ3v) is 7.07. The highest BCUT2D eigenvalue weighted by Crippen LogP contribution is 2.29. The Morgan fingerprint density at radius 1 is 1.18 bits per heavy atom. The van der Waals surface area contributed by atoms with E-state index in [9.17, 15) is 9.59 Å². The average molecular weight is 482 g/mol. The lowest BCUT2D eigenvalue weighted by Gasteiger charge is -2.31. The minimum Gasteiger partial charge on any atom is -0.467 e. The number of amides is 2. The summed E-state index contributed by atoms with van der Waals surface area (Å²) in [5.41, 5.74) is 7.71. The normalized spacial score (nSPS) is 16.6. The second-order valence-electron chi connectivity index (χ2n) is 9.67. The molecule has 3 heterocycles. The number of nitrogens with two attached hydrogens (primary N) is 1. The van der Waals surface area contributed by atoms with Gasteiger partial charge in [-0.25, -0.2) is 0 Å². The van der Waals surface area contributed by atoms with Crippen molar-refractivity contribution in [1.29, 1.82) is 0 Å². The van der Waals surface area contributed by atoms with Gasteiger partial charge in [-0.1, -0.05) is 56.8 Å². The van der Waals surface area contributed by atoms with Crippen LogP contribution in [0.25, 0.3) is 11.4 Å². The molecule has 1 saturated heterocycles. The van der Waals surface area contributed by atoms with Crippen molar-refractivity contribution in [1.82, 2.24) is 19.7 Å². The van der Waals surface area contributed by atoms with Crippen molar-refractivity contribution in [2.75, 3.05) is 18.8 Å². The summed E-state index contributed by atoms with van der Waals surface area (Å²) in [6, 6.07) is 12.1. The number of carbonyl (C=O) groups excluding carboxylic acids is 2. The van der Waals surface area contributed by atoms with Crippen LogP contribution in [0.1, 0.15) is 44.9 Å². The molecule has 1 atom stereocenters. The number of rotatable bonds is 7. The number of furan rings is 1. The molecule has 3 aromatic rings. The number of hydrogen-bond acceptors (Lipinski definition) is 6. The van der Waals surface area contributed by atoms with Gasteiger partial charge in [-0.05, 0) is 36.0 Å². The maximum atomic E-state index is 12.9. The second kappa shape index (κ2) is 10.0. The van der Waals surface area contributed by atoms with Gasteiger partial charge >= 0.3 is 0 Å². The van der Waals surface area contributed by atoms with Gasteiger partial charge in [0.2, 0.25) is 11.8 Å². The van der Waals surface area contributed by atoms with Crippen molar-refractivity contribution < 1.29 is 14.0 Å². The summed E-state index contributed by atoms with van der Waals surface area (Å²) in [6.07, 6.45) is 3.16. The Labute approximate surface area is 203 Å². The Bertz CT molecular complexity index is 1130. The number of thioether (sulfide) groups is 1. The van der Waals surface area contributed by atoms with Crippen LogP contribution in [0.5, 0.6) is 0 Å². The fraction of sp³-hybridized carbons (Fsp3) is 0.440. The van der Waals surface area contributed by atoms with Crippen LogP contribution in [0.4, 0.5) is 0 Å². The summed E-state index contributed by atoms with van der Waals surface area (Å²) in [5, 5.41) is 9.48. The van der Waals surface area contributed by atoms with Gasteiger partial charge in [0.05, 0.1) is 24.5 Å². The summed E-state index contributed by atoms with van der Waals surface area (Å²) in [4.78, 5) is 26.1. The van der Waals surface area contributed by atoms with Crippen LogP contribution in [-0.4, -0.2) is 50.3 Å². The molecule has 9 heteroatoms. The van der Waals surface area contributed by atoms with Crippen molar-refractivity contribution in [3.05, 3.63) is 54.0 Å². The zero-order chi connectivity index (χ0) is 24.3. The molecule has 4 rings (SSSR count). The number of nitrogens with zero attached hydrogens (tertiary/aromatic N) is 4. The standard InChI is InChI=1S/C25H31N5O3S/c1-25(2,3)19-10-8-17(9-11-19)23-27-28-24(30(23)15-20-7-5-13-33-20)34-16-21(31)29-12-4-6-18(14-29)22(26)32/h5,7-11,13,18H,4,6,12,14-16H2,1-3H3,(H2,26,32). The van der Waals surface area contributed by atoms with Gasteiger partial charge in [0, 0.05) is 18.7 Å². The van der Waals surface area contributed by atoms with Gasteiger partial charge in [0.1, 0.15) is 5.76 Å². The van der Waals surface area contributed by atoms with E-state index in [0.717, 1.165) is 30.0 Å². The van der Waals surface area contributed by atoms with E-state index in [1.165, 1.54) is 17.3 Å². The number of benzene rings is 1. The lowest BCUT2D eigenvalue weighted by molar-refractivity contribution is -0.132. The number of primary amides is 1. The van der Waals surface area contributed by atoms with E-state index in [1.54, 1.807) is 11.2 Å². The van der Waals surface area contributed by atoms with E-state index in [1.807, 2.05) is 16.7 Å². The van der Waals surface area contributed by atoms with Crippen molar-refractivity contribution in [3.8, 4) is 11.4 Å². The monoisotopic (exact) mass is 481 g/mol. The lowest BCUT2D eigenvalue weighted by Crippen LogP contribution is -2.44. The molecule has 1 unspecified atom stereocenters. The summed E-state index contributed by atoms with van der Waals surface area (Å²) < 4.78 is 7.54. The second-order valence-corrected chi connectivity index (χ2v) is 10.6. The van der Waals surface area contributed by atoms with Crippen LogP contribution in [-0.2, 0) is 21.5 Å². The van der Waals surface area contributed by atoms with Crippen molar-refractivity contribution in [2.24, 2.45) is 11.7 Å². The minimum atomic E-state index is -0.342. The lowest BCUT2D eigenvalue weighted by atomic mass is 9.87. The van der Waals surface area contributed by atoms with Crippen molar-refractivity contribution >= 4 is 23.6 Å². The van der Waals surface area contributed by atoms with E-state index in [4.69, 9.17) is 10.2 Å². The Hall–Kier alpha value is -3.07. The molecule has 0 radical (unpaired) electrons. The molecule has 34 heavy (non-hydrogen) atoms. The summed E-state index contributed by atoms with van der Waals surface area (Å²) in [7, 11) is 0. The summed E-state index contributed by atoms with van der Waals surface area (Å²) in [5.74, 6) is 1.07. The molecule has 8 nitrogen and oxygen atoms in total. The number of likely N-dealkylation sites (tertiary alicyclic amines) is 1. The molecule has 0 aliphatic carbocycles. The summed E-state index contributed by atoms with van der Waals surface area (Å²) >= 11 is 1.34. The van der Waals surface area contributed by atoms with E-state index < -0.39 is 0 Å². The van der Waals surface area contributed by atoms with Gasteiger partial charge < -0.3 is 15.1 Å². The average Bonchev–Trinajstić information content (AvgIpc) is 3.47. The Kier molecular flexibility index (Phi) is 7.11. The predicted molar refractivity (Wildman–Crippen MR) is 131 cm³/mol. The summed E-state index contributed by atoms with van der Waals surface area (Å²) in [6.45, 7) is 8.04. The number of aromatic nitrogens is 3. The molecular formula is C25H31N5O3S. The molecule has 1 aliphatic heterocycles. The first-order valence-electron chi connectivity index (χ1n) is 11.5. The molecule has 2 aromatic heterocycles. The fourth-order valence-corrected chi connectivity index (χ4v) is 4.92. The van der Waals surface area contributed by atoms with Gasteiger partial charge in [-0.15, -0.1) is 10.2 Å². The zero-order valence-electron chi connectivity index (χ0n) is 19.9. The van der Waals surface area contributed by atoms with E-state index in [0.29, 0.717) is 24.8 Å². The van der Waals surface area contributed by atoms with Crippen LogP contribution in [0.2, 0.25) is 0 Å². The van der Waals surface area contributed by atoms with E-state index in [-0.39, 0.29) is 28.9 Å². The van der Waals surface area contributed by atoms with Gasteiger partial charge in [-0.2, -0.15) is 0 Å². The molecular weight excluding hydrogens is 450 g/mol. The van der Waals surface area contributed by atoms with Crippen molar-refractivity contribution in [2.45, 2.75) is 50.7 Å². The highest BCUT2D eigenvalue weighted by molar-refractivity contribution is 7.99. The maximum absolute atomic E-state index is 12.9. The number of hydrogen-bond donors (Lipinski definition) is 1. The molecule has 1 aromatic carbocycles. The van der Waals surface area contributed by atoms with Crippen LogP contribution >= 0.6 is 11.8 Å². The van der Waals surface area contributed by atoms with E-state index >= 15 is 0 Å². The highest BCUT2D eigenvalue weighted by Gasteiger charge is 2.27. The SMILES string of the molecule is CC(C)(C)c1ccc(-c2nnc(SCC(=O)N3CCCC(C(N)=O)C3)n2Cc2ccco2)cc1. The molecule has 1 aliphatic rings. The van der Waals surface area contributed by atoms with Crippen LogP contribution in [0, 0.1) is 5.92 Å². The first-order valence-corrected chi connectivity index (χ1v) is 12.5. The molecule has 0 spiro atoms. The Morgan fingerprint density at radius 2 is 1.94 bits per heavy atom. The van der Waals surface area contributed by atoms with E-state index in [2.05, 4.69) is 55.2 Å². The molecule has 0 saturated carbocycles. The largest absolute Gasteiger partial charge is 0.467 e. The smallest absolute Gasteiger partial charge is 0.233 e. The predicted octanol–water partition coefficient (Wildman–Crippen LogP) is 3.70. The quantitative estimate of drug-likeness (QED) is 0.516. The Morgan fingerprint density at radius 3 is 2.59 bits per heavy atom. The third kappa shape index (κ3) is 5.52. The first-order chi connectivity index (χ1) is 16.2. The Balaban J connectivity index is 1.53. The maximum Gasteiger partial charge on any atom is 0.233 e. The number of carbonyl (C=O) groups is 2. The minimum absolute atomic E-state index is 0.0282. The molecule has 2 amide bonds. The van der Waals surface area contributed by atoms with Gasteiger partial charge in [0.25, 0.3) is 0 Å². The number of piperidine rings is 1. The van der Waals surface area contributed by atoms with Crippen LogP contribution in [0.15, 0.2) is 52.2 Å². The zero-order valence-corrected chi connectivity index (χ0v) is 20.7. The molecule has 0 bridgehead atoms. The van der Waals surface area contributed by atoms with Crippen LogP contribution in [0.3, 0.4) is 0 Å². The first kappa shape index (κ1) is 24.1. The molecule has 2 N–H and O–H groups in total. The van der Waals surface area contributed by atoms with Crippen LogP contribution < -0.4 is 5.73 Å².